The van der Waals surface area contributed by atoms with Crippen LogP contribution in [0.5, 0.6) is 11.5 Å². The number of benzene rings is 2. The highest BCUT2D eigenvalue weighted by Crippen LogP contribution is 2.28. The fourth-order valence-corrected chi connectivity index (χ4v) is 4.30. The van der Waals surface area contributed by atoms with Gasteiger partial charge in [0.15, 0.2) is 11.5 Å². The third kappa shape index (κ3) is 6.60. The molecule has 1 amide bonds. The van der Waals surface area contributed by atoms with Gasteiger partial charge >= 0.3 is 0 Å². The first-order valence-electron chi connectivity index (χ1n) is 12.2. The molecule has 1 aliphatic heterocycles. The zero-order valence-corrected chi connectivity index (χ0v) is 20.8. The number of hydrogen-bond acceptors (Lipinski definition) is 7. The Morgan fingerprint density at radius 2 is 1.71 bits per heavy atom. The lowest BCUT2D eigenvalue weighted by Gasteiger charge is -2.34. The average molecular weight is 479 g/mol. The number of piperazine rings is 1. The Morgan fingerprint density at radius 1 is 0.971 bits per heavy atom. The summed E-state index contributed by atoms with van der Waals surface area (Å²) in [6, 6.07) is 13.9. The second-order valence-corrected chi connectivity index (χ2v) is 8.89. The molecule has 186 valence electrons. The fraction of sp³-hybridized carbons (Fsp3) is 0.444. The van der Waals surface area contributed by atoms with Crippen molar-refractivity contribution < 1.29 is 18.8 Å². The highest BCUT2D eigenvalue weighted by Gasteiger charge is 2.21. The van der Waals surface area contributed by atoms with Gasteiger partial charge in [0, 0.05) is 44.6 Å². The highest BCUT2D eigenvalue weighted by atomic mass is 16.5. The number of nitrogens with zero attached hydrogens (tertiary/aromatic N) is 4. The lowest BCUT2D eigenvalue weighted by atomic mass is 10.1. The fourth-order valence-electron chi connectivity index (χ4n) is 4.30. The molecule has 35 heavy (non-hydrogen) atoms. The Labute approximate surface area is 206 Å². The Balaban J connectivity index is 1.16. The van der Waals surface area contributed by atoms with E-state index >= 15 is 0 Å². The minimum Gasteiger partial charge on any atom is -0.493 e. The number of carbonyl (C=O) groups excluding carboxylic acids is 1. The van der Waals surface area contributed by atoms with Crippen LogP contribution in [-0.2, 0) is 17.6 Å². The number of hydrogen-bond donors (Lipinski definition) is 0. The van der Waals surface area contributed by atoms with Gasteiger partial charge in [0.05, 0.1) is 14.2 Å². The minimum atomic E-state index is 0.203. The van der Waals surface area contributed by atoms with Gasteiger partial charge in [-0.25, -0.2) is 0 Å². The molecule has 4 rings (SSSR count). The molecule has 0 unspecified atom stereocenters. The Morgan fingerprint density at radius 3 is 2.43 bits per heavy atom. The zero-order valence-electron chi connectivity index (χ0n) is 20.8. The quantitative estimate of drug-likeness (QED) is 0.439. The predicted octanol–water partition coefficient (Wildman–Crippen LogP) is 3.77. The van der Waals surface area contributed by atoms with Crippen LogP contribution in [0.3, 0.4) is 0 Å². The van der Waals surface area contributed by atoms with Gasteiger partial charge in [-0.1, -0.05) is 41.1 Å². The van der Waals surface area contributed by atoms with Crippen LogP contribution in [0, 0.1) is 6.92 Å². The van der Waals surface area contributed by atoms with E-state index in [9.17, 15) is 4.79 Å². The minimum absolute atomic E-state index is 0.203. The van der Waals surface area contributed by atoms with Gasteiger partial charge in [-0.2, -0.15) is 4.98 Å². The Bertz CT molecular complexity index is 1100. The molecule has 1 saturated heterocycles. The second-order valence-electron chi connectivity index (χ2n) is 8.89. The third-order valence-corrected chi connectivity index (χ3v) is 6.44. The maximum Gasteiger partial charge on any atom is 0.227 e. The van der Waals surface area contributed by atoms with Crippen molar-refractivity contribution in [2.75, 3.05) is 46.9 Å². The summed E-state index contributed by atoms with van der Waals surface area (Å²) in [5.74, 6) is 2.90. The van der Waals surface area contributed by atoms with Crippen molar-refractivity contribution in [1.82, 2.24) is 19.9 Å². The van der Waals surface area contributed by atoms with Crippen LogP contribution in [0.1, 0.15) is 29.9 Å². The standard InChI is InChI=1S/C27H34N4O4/c1-20-6-10-22(11-7-20)27-28-25(35-29-27)5-4-14-30-15-17-31(18-16-30)26(32)13-9-21-8-12-23(33-2)24(19-21)34-3/h6-8,10-12,19H,4-5,9,13-18H2,1-3H3. The molecule has 1 aromatic heterocycles. The monoisotopic (exact) mass is 478 g/mol. The summed E-state index contributed by atoms with van der Waals surface area (Å²) in [6.45, 7) is 6.32. The maximum absolute atomic E-state index is 12.7. The molecule has 8 heteroatoms. The molecule has 8 nitrogen and oxygen atoms in total. The number of methoxy groups -OCH3 is 2. The molecule has 1 fully saturated rings. The molecular formula is C27H34N4O4. The van der Waals surface area contributed by atoms with E-state index in [-0.39, 0.29) is 5.91 Å². The maximum atomic E-state index is 12.7. The molecule has 0 bridgehead atoms. The van der Waals surface area contributed by atoms with Crippen molar-refractivity contribution in [2.24, 2.45) is 0 Å². The van der Waals surface area contributed by atoms with Gasteiger partial charge in [0.1, 0.15) is 0 Å². The van der Waals surface area contributed by atoms with Crippen LogP contribution >= 0.6 is 0 Å². The van der Waals surface area contributed by atoms with Gasteiger partial charge in [-0.15, -0.1) is 0 Å². The SMILES string of the molecule is COc1ccc(CCC(=O)N2CCN(CCCc3nc(-c4ccc(C)cc4)no3)CC2)cc1OC. The zero-order chi connectivity index (χ0) is 24.6. The summed E-state index contributed by atoms with van der Waals surface area (Å²) in [6.07, 6.45) is 2.89. The summed E-state index contributed by atoms with van der Waals surface area (Å²) in [4.78, 5) is 21.6. The molecule has 0 aliphatic carbocycles. The first kappa shape index (κ1) is 24.7. The number of carbonyl (C=O) groups is 1. The van der Waals surface area contributed by atoms with Crippen molar-refractivity contribution in [3.05, 3.63) is 59.5 Å². The molecule has 1 aliphatic rings. The van der Waals surface area contributed by atoms with E-state index in [2.05, 4.69) is 22.0 Å². The van der Waals surface area contributed by atoms with Gasteiger partial charge < -0.3 is 18.9 Å². The first-order valence-corrected chi connectivity index (χ1v) is 12.2. The summed E-state index contributed by atoms with van der Waals surface area (Å²) < 4.78 is 16.1. The van der Waals surface area contributed by atoms with Crippen molar-refractivity contribution in [1.29, 1.82) is 0 Å². The van der Waals surface area contributed by atoms with Gasteiger partial charge in [-0.3, -0.25) is 9.69 Å². The average Bonchev–Trinajstić information content (AvgIpc) is 3.36. The van der Waals surface area contributed by atoms with Crippen molar-refractivity contribution >= 4 is 5.91 Å². The highest BCUT2D eigenvalue weighted by molar-refractivity contribution is 5.76. The molecular weight excluding hydrogens is 444 g/mol. The van der Waals surface area contributed by atoms with Crippen molar-refractivity contribution in [3.8, 4) is 22.9 Å². The summed E-state index contributed by atoms with van der Waals surface area (Å²) in [5, 5.41) is 4.11. The summed E-state index contributed by atoms with van der Waals surface area (Å²) in [5.41, 5.74) is 3.25. The molecule has 0 atom stereocenters. The largest absolute Gasteiger partial charge is 0.493 e. The van der Waals surface area contributed by atoms with E-state index < -0.39 is 0 Å². The Kier molecular flexibility index (Phi) is 8.36. The van der Waals surface area contributed by atoms with E-state index in [0.717, 1.165) is 56.7 Å². The van der Waals surface area contributed by atoms with Gasteiger partial charge in [0.2, 0.25) is 17.6 Å². The molecule has 0 radical (unpaired) electrons. The van der Waals surface area contributed by atoms with Crippen LogP contribution in [0.25, 0.3) is 11.4 Å². The van der Waals surface area contributed by atoms with Gasteiger partial charge in [0.25, 0.3) is 0 Å². The van der Waals surface area contributed by atoms with E-state index in [1.807, 2.05) is 47.4 Å². The second kappa shape index (κ2) is 11.8. The lowest BCUT2D eigenvalue weighted by Crippen LogP contribution is -2.48. The van der Waals surface area contributed by atoms with Gasteiger partial charge in [-0.05, 0) is 44.0 Å². The van der Waals surface area contributed by atoms with E-state index in [4.69, 9.17) is 14.0 Å². The van der Waals surface area contributed by atoms with Crippen molar-refractivity contribution in [2.45, 2.75) is 32.6 Å². The number of aryl methyl sites for hydroxylation is 3. The summed E-state index contributed by atoms with van der Waals surface area (Å²) in [7, 11) is 3.24. The number of amides is 1. The number of ether oxygens (including phenoxy) is 2. The normalized spacial score (nSPS) is 14.2. The van der Waals surface area contributed by atoms with E-state index in [1.54, 1.807) is 14.2 Å². The predicted molar refractivity (Wildman–Crippen MR) is 134 cm³/mol. The summed E-state index contributed by atoms with van der Waals surface area (Å²) >= 11 is 0. The van der Waals surface area contributed by atoms with E-state index in [0.29, 0.717) is 36.1 Å². The Hall–Kier alpha value is -3.39. The lowest BCUT2D eigenvalue weighted by molar-refractivity contribution is -0.132. The van der Waals surface area contributed by atoms with Crippen molar-refractivity contribution in [3.63, 3.8) is 0 Å². The number of aromatic nitrogens is 2. The molecule has 0 N–H and O–H groups in total. The smallest absolute Gasteiger partial charge is 0.227 e. The van der Waals surface area contributed by atoms with Crippen LogP contribution in [0.2, 0.25) is 0 Å². The van der Waals surface area contributed by atoms with Crippen LogP contribution in [-0.4, -0.2) is 72.8 Å². The van der Waals surface area contributed by atoms with Crippen LogP contribution in [0.4, 0.5) is 0 Å². The molecule has 3 aromatic rings. The first-order chi connectivity index (χ1) is 17.1. The van der Waals surface area contributed by atoms with E-state index in [1.165, 1.54) is 5.56 Å². The molecule has 2 aromatic carbocycles. The van der Waals surface area contributed by atoms with Crippen LogP contribution < -0.4 is 9.47 Å². The molecule has 2 heterocycles. The molecule has 0 saturated carbocycles. The topological polar surface area (TPSA) is 80.9 Å². The molecule has 0 spiro atoms. The third-order valence-electron chi connectivity index (χ3n) is 6.44. The number of rotatable bonds is 10. The van der Waals surface area contributed by atoms with Crippen LogP contribution in [0.15, 0.2) is 47.0 Å².